The molecule has 108 valence electrons. The fourth-order valence-corrected chi connectivity index (χ4v) is 2.35. The fourth-order valence-electron chi connectivity index (χ4n) is 1.40. The van der Waals surface area contributed by atoms with Gasteiger partial charge in [0, 0.05) is 6.07 Å². The number of nitrogens with one attached hydrogen (secondary N) is 1. The number of methoxy groups -OCH3 is 1. The predicted molar refractivity (Wildman–Crippen MR) is 67.3 cm³/mol. The van der Waals surface area contributed by atoms with Gasteiger partial charge in [-0.1, -0.05) is 5.10 Å². The highest BCUT2D eigenvalue weighted by molar-refractivity contribution is 7.92. The first-order valence-electron chi connectivity index (χ1n) is 5.60. The molecule has 0 aliphatic heterocycles. The molecule has 0 aliphatic rings. The Morgan fingerprint density at radius 3 is 2.80 bits per heavy atom. The van der Waals surface area contributed by atoms with Crippen LogP contribution in [0, 0.1) is 5.82 Å². The standard InChI is InChI=1S/C10H12FN5O3S/c1-3-16-13-10(12-15-16)14-20(17,18)7-4-5-8(11)9(6-7)19-2/h4-6H,3H2,1-2H3,(H,13,14). The van der Waals surface area contributed by atoms with Crippen LogP contribution in [0.3, 0.4) is 0 Å². The van der Waals surface area contributed by atoms with Crippen LogP contribution < -0.4 is 9.46 Å². The van der Waals surface area contributed by atoms with E-state index in [0.29, 0.717) is 6.54 Å². The van der Waals surface area contributed by atoms with Gasteiger partial charge in [-0.2, -0.15) is 4.80 Å². The summed E-state index contributed by atoms with van der Waals surface area (Å²) in [6.45, 7) is 2.24. The third kappa shape index (κ3) is 2.85. The molecule has 0 saturated heterocycles. The third-order valence-electron chi connectivity index (χ3n) is 2.39. The number of benzene rings is 1. The van der Waals surface area contributed by atoms with Crippen molar-refractivity contribution in [2.45, 2.75) is 18.4 Å². The van der Waals surface area contributed by atoms with Gasteiger partial charge in [-0.3, -0.25) is 0 Å². The van der Waals surface area contributed by atoms with Crippen molar-refractivity contribution < 1.29 is 17.5 Å². The molecule has 0 unspecified atom stereocenters. The monoisotopic (exact) mass is 301 g/mol. The van der Waals surface area contributed by atoms with E-state index in [1.54, 1.807) is 6.92 Å². The van der Waals surface area contributed by atoms with E-state index in [2.05, 4.69) is 20.1 Å². The summed E-state index contributed by atoms with van der Waals surface area (Å²) in [5.74, 6) is -0.977. The molecule has 0 aliphatic carbocycles. The van der Waals surface area contributed by atoms with Crippen LogP contribution in [-0.2, 0) is 16.6 Å². The van der Waals surface area contributed by atoms with Crippen molar-refractivity contribution >= 4 is 16.0 Å². The molecule has 8 nitrogen and oxygen atoms in total. The smallest absolute Gasteiger partial charge is 0.277 e. The normalized spacial score (nSPS) is 11.3. The van der Waals surface area contributed by atoms with Crippen LogP contribution in [-0.4, -0.2) is 35.7 Å². The van der Waals surface area contributed by atoms with Gasteiger partial charge >= 0.3 is 0 Å². The molecular formula is C10H12FN5O3S. The van der Waals surface area contributed by atoms with Crippen LogP contribution in [0.25, 0.3) is 0 Å². The molecule has 2 aromatic rings. The molecule has 0 spiro atoms. The molecular weight excluding hydrogens is 289 g/mol. The van der Waals surface area contributed by atoms with Gasteiger partial charge in [0.05, 0.1) is 18.6 Å². The molecule has 0 bridgehead atoms. The Balaban J connectivity index is 2.30. The minimum absolute atomic E-state index is 0.157. The van der Waals surface area contributed by atoms with Gasteiger partial charge in [-0.15, -0.1) is 5.10 Å². The zero-order valence-corrected chi connectivity index (χ0v) is 11.6. The second kappa shape index (κ2) is 5.41. The first-order chi connectivity index (χ1) is 9.46. The van der Waals surface area contributed by atoms with Crippen LogP contribution in [0.1, 0.15) is 6.92 Å². The van der Waals surface area contributed by atoms with Crippen molar-refractivity contribution in [3.05, 3.63) is 24.0 Å². The Bertz CT molecular complexity index is 715. The van der Waals surface area contributed by atoms with E-state index < -0.39 is 15.8 Å². The Labute approximate surface area is 114 Å². The summed E-state index contributed by atoms with van der Waals surface area (Å²) in [7, 11) is -2.69. The van der Waals surface area contributed by atoms with Gasteiger partial charge in [0.1, 0.15) is 0 Å². The van der Waals surface area contributed by atoms with Crippen molar-refractivity contribution in [2.75, 3.05) is 11.8 Å². The number of hydrogen-bond acceptors (Lipinski definition) is 6. The number of aryl methyl sites for hydroxylation is 1. The SMILES string of the molecule is CCn1nnc(NS(=O)(=O)c2ccc(F)c(OC)c2)n1. The highest BCUT2D eigenvalue weighted by Crippen LogP contribution is 2.22. The maximum absolute atomic E-state index is 13.3. The number of nitrogens with zero attached hydrogens (tertiary/aromatic N) is 4. The van der Waals surface area contributed by atoms with Crippen LogP contribution in [0.15, 0.2) is 23.1 Å². The molecule has 1 N–H and O–H groups in total. The molecule has 0 saturated carbocycles. The van der Waals surface area contributed by atoms with E-state index in [1.807, 2.05) is 0 Å². The Kier molecular flexibility index (Phi) is 3.84. The van der Waals surface area contributed by atoms with E-state index >= 15 is 0 Å². The maximum atomic E-state index is 13.3. The molecule has 1 heterocycles. The number of tetrazole rings is 1. The summed E-state index contributed by atoms with van der Waals surface area (Å²) in [4.78, 5) is 1.06. The predicted octanol–water partition coefficient (Wildman–Crippen LogP) is 0.641. The first-order valence-corrected chi connectivity index (χ1v) is 7.08. The third-order valence-corrected chi connectivity index (χ3v) is 3.72. The summed E-state index contributed by atoms with van der Waals surface area (Å²) in [5.41, 5.74) is 0. The minimum atomic E-state index is -3.93. The Morgan fingerprint density at radius 1 is 1.45 bits per heavy atom. The van der Waals surface area contributed by atoms with Gasteiger partial charge in [-0.25, -0.2) is 17.5 Å². The summed E-state index contributed by atoms with van der Waals surface area (Å²) in [6, 6.07) is 3.19. The van der Waals surface area contributed by atoms with Crippen molar-refractivity contribution in [3.8, 4) is 5.75 Å². The quantitative estimate of drug-likeness (QED) is 0.870. The summed E-state index contributed by atoms with van der Waals surface area (Å²) >= 11 is 0. The highest BCUT2D eigenvalue weighted by Gasteiger charge is 2.19. The van der Waals surface area contributed by atoms with Crippen molar-refractivity contribution in [3.63, 3.8) is 0 Å². The van der Waals surface area contributed by atoms with Gasteiger partial charge in [0.2, 0.25) is 0 Å². The number of hydrogen-bond donors (Lipinski definition) is 1. The molecule has 0 atom stereocenters. The summed E-state index contributed by atoms with van der Waals surface area (Å²) in [5, 5.41) is 11.0. The fraction of sp³-hybridized carbons (Fsp3) is 0.300. The lowest BCUT2D eigenvalue weighted by Gasteiger charge is -2.06. The Hall–Kier alpha value is -2.23. The van der Waals surface area contributed by atoms with E-state index in [-0.39, 0.29) is 16.6 Å². The number of rotatable bonds is 5. The number of anilines is 1. The van der Waals surface area contributed by atoms with Crippen molar-refractivity contribution in [1.29, 1.82) is 0 Å². The lowest BCUT2D eigenvalue weighted by Crippen LogP contribution is -2.14. The van der Waals surface area contributed by atoms with Crippen LogP contribution >= 0.6 is 0 Å². The van der Waals surface area contributed by atoms with E-state index in [4.69, 9.17) is 4.74 Å². The van der Waals surface area contributed by atoms with Crippen LogP contribution in [0.2, 0.25) is 0 Å². The molecule has 2 rings (SSSR count). The average Bonchev–Trinajstić information content (AvgIpc) is 2.86. The van der Waals surface area contributed by atoms with E-state index in [0.717, 1.165) is 18.2 Å². The summed E-state index contributed by atoms with van der Waals surface area (Å²) < 4.78 is 44.3. The number of ether oxygens (including phenoxy) is 1. The summed E-state index contributed by atoms with van der Waals surface area (Å²) in [6.07, 6.45) is 0. The minimum Gasteiger partial charge on any atom is -0.494 e. The first kappa shape index (κ1) is 14.2. The lowest BCUT2D eigenvalue weighted by molar-refractivity contribution is 0.385. The zero-order chi connectivity index (χ0) is 14.8. The lowest BCUT2D eigenvalue weighted by atomic mass is 10.3. The largest absolute Gasteiger partial charge is 0.494 e. The second-order valence-electron chi connectivity index (χ2n) is 3.70. The highest BCUT2D eigenvalue weighted by atomic mass is 32.2. The van der Waals surface area contributed by atoms with Crippen molar-refractivity contribution in [2.24, 2.45) is 0 Å². The molecule has 1 aromatic heterocycles. The number of halogens is 1. The van der Waals surface area contributed by atoms with Gasteiger partial charge in [0.25, 0.3) is 16.0 Å². The molecule has 20 heavy (non-hydrogen) atoms. The molecule has 0 fully saturated rings. The molecule has 0 amide bonds. The van der Waals surface area contributed by atoms with Gasteiger partial charge in [-0.05, 0) is 24.3 Å². The molecule has 0 radical (unpaired) electrons. The Morgan fingerprint density at radius 2 is 2.20 bits per heavy atom. The molecule has 1 aromatic carbocycles. The number of aromatic nitrogens is 4. The number of sulfonamides is 1. The maximum Gasteiger partial charge on any atom is 0.277 e. The second-order valence-corrected chi connectivity index (χ2v) is 5.39. The van der Waals surface area contributed by atoms with Crippen LogP contribution in [0.4, 0.5) is 10.3 Å². The zero-order valence-electron chi connectivity index (χ0n) is 10.7. The van der Waals surface area contributed by atoms with Gasteiger partial charge in [0.15, 0.2) is 11.6 Å². The van der Waals surface area contributed by atoms with E-state index in [1.165, 1.54) is 11.9 Å². The van der Waals surface area contributed by atoms with Crippen LogP contribution in [0.5, 0.6) is 5.75 Å². The van der Waals surface area contributed by atoms with E-state index in [9.17, 15) is 12.8 Å². The topological polar surface area (TPSA) is 99.0 Å². The van der Waals surface area contributed by atoms with Crippen molar-refractivity contribution in [1.82, 2.24) is 20.2 Å². The van der Waals surface area contributed by atoms with Gasteiger partial charge < -0.3 is 4.74 Å². The average molecular weight is 301 g/mol. The molecule has 10 heteroatoms.